The Bertz CT molecular complexity index is 952. The number of aryl methyl sites for hydroxylation is 1. The number of hydrogen-bond acceptors (Lipinski definition) is 5. The van der Waals surface area contributed by atoms with E-state index in [1.807, 2.05) is 6.92 Å². The average molecular weight is 418 g/mol. The molecule has 0 saturated carbocycles. The summed E-state index contributed by atoms with van der Waals surface area (Å²) in [5.74, 6) is 0.488. The number of carbonyl (C=O) groups excluding carboxylic acids is 1. The fraction of sp³-hybridized carbons (Fsp3) is 0.381. The average Bonchev–Trinajstić information content (AvgIpc) is 2.74. The van der Waals surface area contributed by atoms with Crippen LogP contribution < -0.4 is 15.4 Å². The van der Waals surface area contributed by atoms with Crippen molar-refractivity contribution < 1.29 is 17.9 Å². The number of amides is 1. The molecule has 156 valence electrons. The molecule has 0 unspecified atom stereocenters. The number of methoxy groups -OCH3 is 1. The Labute approximate surface area is 172 Å². The van der Waals surface area contributed by atoms with Gasteiger partial charge in [-0.15, -0.1) is 0 Å². The van der Waals surface area contributed by atoms with Crippen LogP contribution in [-0.2, 0) is 14.8 Å². The maximum absolute atomic E-state index is 12.9. The Morgan fingerprint density at radius 2 is 1.76 bits per heavy atom. The smallest absolute Gasteiger partial charge is 0.243 e. The summed E-state index contributed by atoms with van der Waals surface area (Å²) in [6.45, 7) is 3.02. The first-order chi connectivity index (χ1) is 13.9. The van der Waals surface area contributed by atoms with Gasteiger partial charge in [0.2, 0.25) is 15.9 Å². The van der Waals surface area contributed by atoms with Gasteiger partial charge in [-0.1, -0.05) is 12.5 Å². The Kier molecular flexibility index (Phi) is 6.76. The van der Waals surface area contributed by atoms with E-state index in [1.54, 1.807) is 53.9 Å². The molecule has 8 heteroatoms. The number of piperidine rings is 1. The minimum atomic E-state index is -3.51. The summed E-state index contributed by atoms with van der Waals surface area (Å²) in [6, 6.07) is 12.0. The zero-order valence-corrected chi connectivity index (χ0v) is 17.6. The van der Waals surface area contributed by atoms with Gasteiger partial charge in [-0.05, 0) is 61.7 Å². The molecule has 1 fully saturated rings. The largest absolute Gasteiger partial charge is 0.497 e. The summed E-state index contributed by atoms with van der Waals surface area (Å²) in [6.07, 6.45) is 2.85. The maximum atomic E-state index is 12.9. The van der Waals surface area contributed by atoms with E-state index in [0.717, 1.165) is 24.8 Å². The lowest BCUT2D eigenvalue weighted by molar-refractivity contribution is -0.114. The van der Waals surface area contributed by atoms with Gasteiger partial charge in [0, 0.05) is 24.5 Å². The number of nitrogens with zero attached hydrogens (tertiary/aromatic N) is 1. The third-order valence-electron chi connectivity index (χ3n) is 4.98. The van der Waals surface area contributed by atoms with Gasteiger partial charge in [0.25, 0.3) is 0 Å². The highest BCUT2D eigenvalue weighted by atomic mass is 32.2. The highest BCUT2D eigenvalue weighted by Gasteiger charge is 2.26. The molecular formula is C21H27N3O4S. The summed E-state index contributed by atoms with van der Waals surface area (Å²) >= 11 is 0. The number of anilines is 2. The van der Waals surface area contributed by atoms with Crippen LogP contribution in [0.1, 0.15) is 24.8 Å². The second-order valence-corrected chi connectivity index (χ2v) is 9.01. The lowest BCUT2D eigenvalue weighted by Crippen LogP contribution is -2.35. The molecule has 1 aliphatic heterocycles. The topological polar surface area (TPSA) is 87.7 Å². The van der Waals surface area contributed by atoms with Crippen molar-refractivity contribution in [2.75, 3.05) is 37.4 Å². The van der Waals surface area contributed by atoms with E-state index in [1.165, 1.54) is 0 Å². The molecule has 0 aliphatic carbocycles. The van der Waals surface area contributed by atoms with Crippen LogP contribution in [-0.4, -0.2) is 45.4 Å². The van der Waals surface area contributed by atoms with E-state index in [-0.39, 0.29) is 17.3 Å². The molecule has 7 nitrogen and oxygen atoms in total. The van der Waals surface area contributed by atoms with E-state index in [2.05, 4.69) is 10.6 Å². The highest BCUT2D eigenvalue weighted by Crippen LogP contribution is 2.25. The molecular weight excluding hydrogens is 390 g/mol. The van der Waals surface area contributed by atoms with Crippen molar-refractivity contribution in [2.45, 2.75) is 31.1 Å². The van der Waals surface area contributed by atoms with Crippen LogP contribution in [0.4, 0.5) is 11.4 Å². The second-order valence-electron chi connectivity index (χ2n) is 7.07. The number of rotatable bonds is 7. The van der Waals surface area contributed by atoms with E-state index in [9.17, 15) is 13.2 Å². The number of hydrogen-bond donors (Lipinski definition) is 2. The molecule has 1 heterocycles. The van der Waals surface area contributed by atoms with Crippen molar-refractivity contribution in [3.8, 4) is 5.75 Å². The first kappa shape index (κ1) is 21.1. The summed E-state index contributed by atoms with van der Waals surface area (Å²) < 4.78 is 32.4. The van der Waals surface area contributed by atoms with Gasteiger partial charge < -0.3 is 15.4 Å². The lowest BCUT2D eigenvalue weighted by Gasteiger charge is -2.26. The molecule has 0 atom stereocenters. The Balaban J connectivity index is 1.65. The molecule has 0 radical (unpaired) electrons. The van der Waals surface area contributed by atoms with Crippen LogP contribution >= 0.6 is 0 Å². The van der Waals surface area contributed by atoms with Gasteiger partial charge in [-0.2, -0.15) is 4.31 Å². The number of ether oxygens (including phenoxy) is 1. The first-order valence-electron chi connectivity index (χ1n) is 9.69. The van der Waals surface area contributed by atoms with Crippen molar-refractivity contribution in [2.24, 2.45) is 0 Å². The summed E-state index contributed by atoms with van der Waals surface area (Å²) in [7, 11) is -1.93. The Hall–Kier alpha value is -2.58. The predicted octanol–water partition coefficient (Wildman–Crippen LogP) is 3.23. The second kappa shape index (κ2) is 9.28. The minimum absolute atomic E-state index is 0.0279. The van der Waals surface area contributed by atoms with Crippen molar-refractivity contribution >= 4 is 27.3 Å². The fourth-order valence-electron chi connectivity index (χ4n) is 3.26. The van der Waals surface area contributed by atoms with Gasteiger partial charge in [0.05, 0.1) is 18.6 Å². The lowest BCUT2D eigenvalue weighted by atomic mass is 10.2. The Morgan fingerprint density at radius 1 is 1.07 bits per heavy atom. The normalized spacial score (nSPS) is 15.0. The first-order valence-corrected chi connectivity index (χ1v) is 11.1. The SMILES string of the molecule is COc1ccc(NC(=O)CNc2cc(S(=O)(=O)N3CCCCC3)ccc2C)cc1. The number of sulfonamides is 1. The molecule has 1 saturated heterocycles. The zero-order valence-electron chi connectivity index (χ0n) is 16.8. The summed E-state index contributed by atoms with van der Waals surface area (Å²) in [5.41, 5.74) is 2.17. The molecule has 0 aromatic heterocycles. The van der Waals surface area contributed by atoms with Gasteiger partial charge in [-0.3, -0.25) is 4.79 Å². The van der Waals surface area contributed by atoms with Crippen LogP contribution in [0.25, 0.3) is 0 Å². The molecule has 1 aliphatic rings. The van der Waals surface area contributed by atoms with Gasteiger partial charge in [0.15, 0.2) is 0 Å². The monoisotopic (exact) mass is 417 g/mol. The fourth-order valence-corrected chi connectivity index (χ4v) is 4.81. The zero-order chi connectivity index (χ0) is 20.9. The van der Waals surface area contributed by atoms with Gasteiger partial charge >= 0.3 is 0 Å². The maximum Gasteiger partial charge on any atom is 0.243 e. The van der Waals surface area contributed by atoms with E-state index in [0.29, 0.717) is 30.2 Å². The highest BCUT2D eigenvalue weighted by molar-refractivity contribution is 7.89. The van der Waals surface area contributed by atoms with Gasteiger partial charge in [-0.25, -0.2) is 8.42 Å². The van der Waals surface area contributed by atoms with Gasteiger partial charge in [0.1, 0.15) is 5.75 Å². The standard InChI is InChI=1S/C21H27N3O4S/c1-16-6-11-19(29(26,27)24-12-4-3-5-13-24)14-20(16)22-15-21(25)23-17-7-9-18(28-2)10-8-17/h6-11,14,22H,3-5,12-13,15H2,1-2H3,(H,23,25). The van der Waals surface area contributed by atoms with Crippen molar-refractivity contribution in [1.82, 2.24) is 4.31 Å². The third kappa shape index (κ3) is 5.27. The summed E-state index contributed by atoms with van der Waals surface area (Å²) in [4.78, 5) is 12.5. The molecule has 1 amide bonds. The van der Waals surface area contributed by atoms with E-state index < -0.39 is 10.0 Å². The molecule has 2 aromatic carbocycles. The molecule has 0 spiro atoms. The van der Waals surface area contributed by atoms with E-state index >= 15 is 0 Å². The van der Waals surface area contributed by atoms with Crippen molar-refractivity contribution in [3.63, 3.8) is 0 Å². The quantitative estimate of drug-likeness (QED) is 0.722. The third-order valence-corrected chi connectivity index (χ3v) is 6.87. The Morgan fingerprint density at radius 3 is 2.41 bits per heavy atom. The van der Waals surface area contributed by atoms with Crippen LogP contribution in [0.2, 0.25) is 0 Å². The number of nitrogens with one attached hydrogen (secondary N) is 2. The minimum Gasteiger partial charge on any atom is -0.497 e. The van der Waals surface area contributed by atoms with Crippen LogP contribution in [0.15, 0.2) is 47.4 Å². The van der Waals surface area contributed by atoms with E-state index in [4.69, 9.17) is 4.74 Å². The number of benzene rings is 2. The summed E-state index contributed by atoms with van der Waals surface area (Å²) in [5, 5.41) is 5.85. The van der Waals surface area contributed by atoms with Crippen LogP contribution in [0, 0.1) is 6.92 Å². The number of carbonyl (C=O) groups is 1. The molecule has 3 rings (SSSR count). The molecule has 0 bridgehead atoms. The molecule has 2 N–H and O–H groups in total. The molecule has 29 heavy (non-hydrogen) atoms. The van der Waals surface area contributed by atoms with Crippen LogP contribution in [0.3, 0.4) is 0 Å². The van der Waals surface area contributed by atoms with Crippen molar-refractivity contribution in [3.05, 3.63) is 48.0 Å². The van der Waals surface area contributed by atoms with Crippen LogP contribution in [0.5, 0.6) is 5.75 Å². The predicted molar refractivity (Wildman–Crippen MR) is 114 cm³/mol. The van der Waals surface area contributed by atoms with Crippen molar-refractivity contribution in [1.29, 1.82) is 0 Å². The molecule has 2 aromatic rings.